The number of aryl methyl sites for hydroxylation is 3. The zero-order valence-corrected chi connectivity index (χ0v) is 13.9. The molecule has 0 unspecified atom stereocenters. The molecule has 0 spiro atoms. The lowest BCUT2D eigenvalue weighted by molar-refractivity contribution is 0.0992. The van der Waals surface area contributed by atoms with E-state index in [0.717, 1.165) is 33.4 Å². The number of hydrogen-bond donors (Lipinski definition) is 0. The van der Waals surface area contributed by atoms with Crippen LogP contribution in [0.1, 0.15) is 43.7 Å². The van der Waals surface area contributed by atoms with Crippen LogP contribution < -0.4 is 0 Å². The number of carbonyl (C=O) groups excluding carboxylic acids is 1. The van der Waals surface area contributed by atoms with Gasteiger partial charge in [-0.05, 0) is 62.4 Å². The molecule has 0 N–H and O–H groups in total. The van der Waals surface area contributed by atoms with E-state index in [-0.39, 0.29) is 5.78 Å². The highest BCUT2D eigenvalue weighted by molar-refractivity contribution is 6.00. The lowest BCUT2D eigenvalue weighted by atomic mass is 9.91. The molecule has 2 aromatic rings. The summed E-state index contributed by atoms with van der Waals surface area (Å²) in [6.45, 7) is 17.2. The average Bonchev–Trinajstić information content (AvgIpc) is 2.45. The minimum absolute atomic E-state index is 0.118. The second-order valence-electron chi connectivity index (χ2n) is 5.97. The van der Waals surface area contributed by atoms with Crippen LogP contribution in [0.5, 0.6) is 0 Å². The topological polar surface area (TPSA) is 21.4 Å². The summed E-state index contributed by atoms with van der Waals surface area (Å²) in [5.41, 5.74) is 7.83. The van der Waals surface area contributed by atoms with E-state index in [9.17, 15) is 4.79 Å². The molecule has 0 fully saturated rings. The van der Waals surface area contributed by atoms with E-state index >= 15 is 0 Å². The summed E-state index contributed by atoms with van der Waals surface area (Å²) in [6, 6.07) is 7.78. The molecule has 0 radical (unpaired) electrons. The minimum atomic E-state index is 0.118. The molecule has 0 heterocycles. The van der Waals surface area contributed by atoms with Crippen molar-refractivity contribution in [3.8, 4) is 0 Å². The summed E-state index contributed by atoms with van der Waals surface area (Å²) in [4.78, 5) is 16.2. The van der Waals surface area contributed by atoms with Crippen LogP contribution in [-0.4, -0.2) is 5.78 Å². The molecular formula is C20H21NO. The molecule has 2 heteroatoms. The first-order chi connectivity index (χ1) is 10.3. The Morgan fingerprint density at radius 1 is 1.00 bits per heavy atom. The van der Waals surface area contributed by atoms with Gasteiger partial charge in [-0.1, -0.05) is 29.8 Å². The van der Waals surface area contributed by atoms with Gasteiger partial charge < -0.3 is 0 Å². The molecule has 0 saturated heterocycles. The Labute approximate surface area is 132 Å². The molecular weight excluding hydrogens is 270 g/mol. The summed E-state index contributed by atoms with van der Waals surface area (Å²) in [6.07, 6.45) is 0.412. The number of rotatable bonds is 3. The van der Waals surface area contributed by atoms with Crippen LogP contribution in [0.2, 0.25) is 0 Å². The largest absolute Gasteiger partial charge is 0.294 e. The predicted molar refractivity (Wildman–Crippen MR) is 90.9 cm³/mol. The maximum absolute atomic E-state index is 12.7. The molecule has 0 atom stereocenters. The Kier molecular flexibility index (Phi) is 4.47. The van der Waals surface area contributed by atoms with Crippen LogP contribution in [0.3, 0.4) is 0 Å². The fraction of sp³-hybridized carbons (Fsp3) is 0.300. The predicted octanol–water partition coefficient (Wildman–Crippen LogP) is 5.20. The van der Waals surface area contributed by atoms with E-state index in [1.54, 1.807) is 12.1 Å². The van der Waals surface area contributed by atoms with Gasteiger partial charge in [-0.3, -0.25) is 4.79 Å². The van der Waals surface area contributed by atoms with Gasteiger partial charge in [0.1, 0.15) is 0 Å². The molecule has 0 aliphatic rings. The Bertz CT molecular complexity index is 771. The molecule has 2 aromatic carbocycles. The molecule has 0 bridgehead atoms. The molecule has 0 saturated carbocycles. The van der Waals surface area contributed by atoms with E-state index in [2.05, 4.69) is 37.7 Å². The molecule has 0 aliphatic carbocycles. The van der Waals surface area contributed by atoms with E-state index in [4.69, 9.17) is 6.57 Å². The molecule has 22 heavy (non-hydrogen) atoms. The Balaban J connectivity index is 2.39. The van der Waals surface area contributed by atoms with Crippen molar-refractivity contribution in [1.29, 1.82) is 0 Å². The molecule has 0 aliphatic heterocycles. The minimum Gasteiger partial charge on any atom is -0.294 e. The SMILES string of the molecule is [C-]#[N+]c1ccc(C(=O)Cc2c(C)cc(C)cc2C)c(C)c1C. The van der Waals surface area contributed by atoms with Crippen molar-refractivity contribution in [3.63, 3.8) is 0 Å². The van der Waals surface area contributed by atoms with Crippen molar-refractivity contribution in [2.24, 2.45) is 0 Å². The second kappa shape index (κ2) is 6.15. The van der Waals surface area contributed by atoms with Crippen molar-refractivity contribution in [2.75, 3.05) is 0 Å². The van der Waals surface area contributed by atoms with Gasteiger partial charge in [-0.15, -0.1) is 0 Å². The number of benzene rings is 2. The van der Waals surface area contributed by atoms with Gasteiger partial charge in [0, 0.05) is 12.0 Å². The third-order valence-electron chi connectivity index (χ3n) is 4.36. The molecule has 2 nitrogen and oxygen atoms in total. The van der Waals surface area contributed by atoms with E-state index < -0.39 is 0 Å². The maximum Gasteiger partial charge on any atom is 0.190 e. The third kappa shape index (κ3) is 2.94. The van der Waals surface area contributed by atoms with Crippen molar-refractivity contribution in [1.82, 2.24) is 0 Å². The van der Waals surface area contributed by atoms with Gasteiger partial charge in [-0.25, -0.2) is 4.85 Å². The van der Waals surface area contributed by atoms with Crippen LogP contribution in [-0.2, 0) is 6.42 Å². The third-order valence-corrected chi connectivity index (χ3v) is 4.36. The Morgan fingerprint density at radius 2 is 1.59 bits per heavy atom. The van der Waals surface area contributed by atoms with Crippen molar-refractivity contribution >= 4 is 11.5 Å². The van der Waals surface area contributed by atoms with Gasteiger partial charge in [-0.2, -0.15) is 0 Å². The molecule has 112 valence electrons. The van der Waals surface area contributed by atoms with Crippen molar-refractivity contribution < 1.29 is 4.79 Å². The molecule has 0 amide bonds. The standard InChI is InChI=1S/C20H21NO/c1-12-9-13(2)18(14(3)10-12)11-20(22)17-7-8-19(21-6)16(5)15(17)4/h7-10H,11H2,1-5H3. The lowest BCUT2D eigenvalue weighted by Crippen LogP contribution is -2.09. The fourth-order valence-corrected chi connectivity index (χ4v) is 2.97. The zero-order chi connectivity index (χ0) is 16.4. The van der Waals surface area contributed by atoms with Crippen molar-refractivity contribution in [2.45, 2.75) is 41.0 Å². The summed E-state index contributed by atoms with van der Waals surface area (Å²) in [7, 11) is 0. The smallest absolute Gasteiger partial charge is 0.190 e. The monoisotopic (exact) mass is 291 g/mol. The van der Waals surface area contributed by atoms with Gasteiger partial charge in [0.25, 0.3) is 0 Å². The Hall–Kier alpha value is -2.40. The maximum atomic E-state index is 12.7. The lowest BCUT2D eigenvalue weighted by Gasteiger charge is -2.13. The Morgan fingerprint density at radius 3 is 2.14 bits per heavy atom. The van der Waals surface area contributed by atoms with Gasteiger partial charge >= 0.3 is 0 Å². The van der Waals surface area contributed by atoms with E-state index in [1.807, 2.05) is 13.8 Å². The first-order valence-corrected chi connectivity index (χ1v) is 7.42. The number of Topliss-reactive ketones (excluding diaryl/α,β-unsaturated/α-hetero) is 1. The van der Waals surface area contributed by atoms with Gasteiger partial charge in [0.15, 0.2) is 11.5 Å². The number of carbonyl (C=O) groups is 1. The first kappa shape index (κ1) is 16.0. The quantitative estimate of drug-likeness (QED) is 0.562. The fourth-order valence-electron chi connectivity index (χ4n) is 2.97. The van der Waals surface area contributed by atoms with E-state index in [1.165, 1.54) is 5.56 Å². The summed E-state index contributed by atoms with van der Waals surface area (Å²) in [5, 5.41) is 0. The van der Waals surface area contributed by atoms with Crippen LogP contribution in [0, 0.1) is 41.2 Å². The highest BCUT2D eigenvalue weighted by atomic mass is 16.1. The summed E-state index contributed by atoms with van der Waals surface area (Å²) < 4.78 is 0. The highest BCUT2D eigenvalue weighted by Gasteiger charge is 2.15. The highest BCUT2D eigenvalue weighted by Crippen LogP contribution is 2.26. The van der Waals surface area contributed by atoms with Crippen LogP contribution >= 0.6 is 0 Å². The molecule has 0 aromatic heterocycles. The summed E-state index contributed by atoms with van der Waals surface area (Å²) >= 11 is 0. The average molecular weight is 291 g/mol. The van der Waals surface area contributed by atoms with Gasteiger partial charge in [0.05, 0.1) is 6.57 Å². The van der Waals surface area contributed by atoms with Crippen molar-refractivity contribution in [3.05, 3.63) is 74.6 Å². The number of hydrogen-bond acceptors (Lipinski definition) is 1. The molecule has 2 rings (SSSR count). The normalized spacial score (nSPS) is 10.4. The second-order valence-corrected chi connectivity index (χ2v) is 5.97. The van der Waals surface area contributed by atoms with E-state index in [0.29, 0.717) is 12.1 Å². The zero-order valence-electron chi connectivity index (χ0n) is 13.9. The first-order valence-electron chi connectivity index (χ1n) is 7.42. The van der Waals surface area contributed by atoms with Crippen LogP contribution in [0.15, 0.2) is 24.3 Å². The summed E-state index contributed by atoms with van der Waals surface area (Å²) in [5.74, 6) is 0.118. The van der Waals surface area contributed by atoms with Crippen LogP contribution in [0.4, 0.5) is 5.69 Å². The number of nitrogens with zero attached hydrogens (tertiary/aromatic N) is 1. The van der Waals surface area contributed by atoms with Crippen LogP contribution in [0.25, 0.3) is 4.85 Å². The number of ketones is 1. The van der Waals surface area contributed by atoms with Gasteiger partial charge in [0.2, 0.25) is 0 Å².